The van der Waals surface area contributed by atoms with Crippen LogP contribution in [0.15, 0.2) is 29.2 Å². The Labute approximate surface area is 157 Å². The van der Waals surface area contributed by atoms with Gasteiger partial charge in [0, 0.05) is 17.1 Å². The molecule has 0 radical (unpaired) electrons. The molecular weight excluding hydrogens is 348 g/mol. The summed E-state index contributed by atoms with van der Waals surface area (Å²) < 4.78 is 27.3. The summed E-state index contributed by atoms with van der Waals surface area (Å²) in [4.78, 5) is 12.7. The van der Waals surface area contributed by atoms with Crippen LogP contribution >= 0.6 is 0 Å². The maximum atomic E-state index is 12.5. The fraction of sp³-hybridized carbons (Fsp3) is 0.650. The summed E-state index contributed by atoms with van der Waals surface area (Å²) in [6.07, 6.45) is 5.18. The number of fused-ring (bicyclic) bond motifs is 2. The maximum absolute atomic E-state index is 12.5. The molecule has 5 nitrogen and oxygen atoms in total. The minimum atomic E-state index is -3.58. The molecule has 2 fully saturated rings. The first-order valence-electron chi connectivity index (χ1n) is 9.50. The third-order valence-electron chi connectivity index (χ3n) is 5.66. The third-order valence-corrected chi connectivity index (χ3v) is 7.44. The Balaban J connectivity index is 1.64. The second-order valence-corrected chi connectivity index (χ2v) is 10.7. The summed E-state index contributed by atoms with van der Waals surface area (Å²) >= 11 is 0. The van der Waals surface area contributed by atoms with Crippen LogP contribution in [-0.2, 0) is 10.0 Å². The van der Waals surface area contributed by atoms with Gasteiger partial charge in [-0.1, -0.05) is 6.42 Å². The molecule has 2 saturated carbocycles. The van der Waals surface area contributed by atoms with E-state index in [4.69, 9.17) is 0 Å². The SMILES string of the molecule is CC(NC(=O)c1ccc(S(=O)(=O)NC(C)(C)C)cc1)C1CC2CCC1C2. The van der Waals surface area contributed by atoms with E-state index in [1.165, 1.54) is 37.8 Å². The van der Waals surface area contributed by atoms with E-state index >= 15 is 0 Å². The molecule has 2 aliphatic rings. The number of amides is 1. The van der Waals surface area contributed by atoms with Crippen LogP contribution in [0.5, 0.6) is 0 Å². The van der Waals surface area contributed by atoms with Gasteiger partial charge in [0.15, 0.2) is 0 Å². The van der Waals surface area contributed by atoms with Crippen molar-refractivity contribution in [3.8, 4) is 0 Å². The lowest BCUT2D eigenvalue weighted by Gasteiger charge is -2.28. The Hall–Kier alpha value is -1.40. The highest BCUT2D eigenvalue weighted by molar-refractivity contribution is 7.89. The molecule has 2 aliphatic carbocycles. The molecule has 0 spiro atoms. The molecule has 1 aromatic carbocycles. The topological polar surface area (TPSA) is 75.3 Å². The molecule has 26 heavy (non-hydrogen) atoms. The van der Waals surface area contributed by atoms with Crippen molar-refractivity contribution in [1.29, 1.82) is 0 Å². The van der Waals surface area contributed by atoms with Gasteiger partial charge in [0.2, 0.25) is 10.0 Å². The maximum Gasteiger partial charge on any atom is 0.251 e. The van der Waals surface area contributed by atoms with E-state index in [9.17, 15) is 13.2 Å². The van der Waals surface area contributed by atoms with Crippen LogP contribution in [0.3, 0.4) is 0 Å². The lowest BCUT2D eigenvalue weighted by Crippen LogP contribution is -2.40. The van der Waals surface area contributed by atoms with Crippen molar-refractivity contribution in [2.45, 2.75) is 69.9 Å². The minimum Gasteiger partial charge on any atom is -0.349 e. The number of carbonyl (C=O) groups excluding carboxylic acids is 1. The normalized spacial score (nSPS) is 26.7. The Morgan fingerprint density at radius 2 is 1.77 bits per heavy atom. The molecule has 0 aromatic heterocycles. The van der Waals surface area contributed by atoms with Crippen molar-refractivity contribution >= 4 is 15.9 Å². The van der Waals surface area contributed by atoms with Crippen molar-refractivity contribution in [1.82, 2.24) is 10.0 Å². The van der Waals surface area contributed by atoms with Crippen LogP contribution in [0, 0.1) is 17.8 Å². The van der Waals surface area contributed by atoms with Gasteiger partial charge in [-0.3, -0.25) is 4.79 Å². The molecule has 2 bridgehead atoms. The minimum absolute atomic E-state index is 0.131. The van der Waals surface area contributed by atoms with Gasteiger partial charge in [-0.2, -0.15) is 0 Å². The monoisotopic (exact) mass is 378 g/mol. The van der Waals surface area contributed by atoms with E-state index in [0.717, 1.165) is 11.8 Å². The largest absolute Gasteiger partial charge is 0.349 e. The molecule has 4 atom stereocenters. The highest BCUT2D eigenvalue weighted by atomic mass is 32.2. The van der Waals surface area contributed by atoms with Crippen molar-refractivity contribution in [3.63, 3.8) is 0 Å². The van der Waals surface area contributed by atoms with Crippen LogP contribution in [0.2, 0.25) is 0 Å². The van der Waals surface area contributed by atoms with Gasteiger partial charge in [-0.15, -0.1) is 0 Å². The number of hydrogen-bond acceptors (Lipinski definition) is 3. The predicted molar refractivity (Wildman–Crippen MR) is 102 cm³/mol. The van der Waals surface area contributed by atoms with E-state index < -0.39 is 15.6 Å². The molecule has 3 rings (SSSR count). The molecular formula is C20H30N2O3S. The fourth-order valence-electron chi connectivity index (χ4n) is 4.55. The van der Waals surface area contributed by atoms with Crippen molar-refractivity contribution in [2.75, 3.05) is 0 Å². The molecule has 4 unspecified atom stereocenters. The van der Waals surface area contributed by atoms with Crippen molar-refractivity contribution in [2.24, 2.45) is 17.8 Å². The summed E-state index contributed by atoms with van der Waals surface area (Å²) in [5.74, 6) is 2.05. The zero-order chi connectivity index (χ0) is 19.1. The summed E-state index contributed by atoms with van der Waals surface area (Å²) in [5, 5.41) is 3.12. The number of nitrogens with one attached hydrogen (secondary N) is 2. The van der Waals surface area contributed by atoms with E-state index in [2.05, 4.69) is 17.0 Å². The Bertz CT molecular complexity index is 765. The number of sulfonamides is 1. The van der Waals surface area contributed by atoms with Crippen molar-refractivity contribution < 1.29 is 13.2 Å². The van der Waals surface area contributed by atoms with Crippen molar-refractivity contribution in [3.05, 3.63) is 29.8 Å². The molecule has 1 aromatic rings. The molecule has 0 heterocycles. The smallest absolute Gasteiger partial charge is 0.251 e. The molecule has 0 aliphatic heterocycles. The Morgan fingerprint density at radius 1 is 1.12 bits per heavy atom. The summed E-state index contributed by atoms with van der Waals surface area (Å²) in [7, 11) is -3.58. The number of benzene rings is 1. The highest BCUT2D eigenvalue weighted by Crippen LogP contribution is 2.49. The fourth-order valence-corrected chi connectivity index (χ4v) is 5.97. The first-order valence-corrected chi connectivity index (χ1v) is 11.0. The van der Waals surface area contributed by atoms with Crippen LogP contribution in [0.25, 0.3) is 0 Å². The van der Waals surface area contributed by atoms with E-state index in [0.29, 0.717) is 11.5 Å². The zero-order valence-electron chi connectivity index (χ0n) is 16.1. The average Bonchev–Trinajstić information content (AvgIpc) is 3.15. The lowest BCUT2D eigenvalue weighted by atomic mass is 9.84. The van der Waals surface area contributed by atoms with Gasteiger partial charge >= 0.3 is 0 Å². The quantitative estimate of drug-likeness (QED) is 0.825. The Morgan fingerprint density at radius 3 is 2.27 bits per heavy atom. The zero-order valence-corrected chi connectivity index (χ0v) is 16.9. The first-order chi connectivity index (χ1) is 12.0. The van der Waals surface area contributed by atoms with E-state index in [1.54, 1.807) is 32.9 Å². The van der Waals surface area contributed by atoms with E-state index in [1.807, 2.05) is 0 Å². The molecule has 1 amide bonds. The van der Waals surface area contributed by atoms with Crippen LogP contribution in [0.4, 0.5) is 0 Å². The highest BCUT2D eigenvalue weighted by Gasteiger charge is 2.42. The molecule has 6 heteroatoms. The van der Waals surface area contributed by atoms with Crippen LogP contribution < -0.4 is 10.0 Å². The van der Waals surface area contributed by atoms with Gasteiger partial charge < -0.3 is 5.32 Å². The standard InChI is InChI=1S/C20H30N2O3S/c1-13(18-12-14-5-6-16(18)11-14)21-19(23)15-7-9-17(10-8-15)26(24,25)22-20(2,3)4/h7-10,13-14,16,18,22H,5-6,11-12H2,1-4H3,(H,21,23). The Kier molecular flexibility index (Phi) is 5.19. The first kappa shape index (κ1) is 19.4. The molecule has 0 saturated heterocycles. The second kappa shape index (κ2) is 6.97. The van der Waals surface area contributed by atoms with Gasteiger partial charge in [0.1, 0.15) is 0 Å². The molecule has 2 N–H and O–H groups in total. The van der Waals surface area contributed by atoms with Crippen LogP contribution in [-0.4, -0.2) is 25.9 Å². The number of carbonyl (C=O) groups is 1. The van der Waals surface area contributed by atoms with Gasteiger partial charge in [0.25, 0.3) is 5.91 Å². The molecule has 144 valence electrons. The number of hydrogen-bond donors (Lipinski definition) is 2. The summed E-state index contributed by atoms with van der Waals surface area (Å²) in [5.41, 5.74) is -0.0555. The van der Waals surface area contributed by atoms with Gasteiger partial charge in [-0.25, -0.2) is 13.1 Å². The third kappa shape index (κ3) is 4.29. The predicted octanol–water partition coefficient (Wildman–Crippen LogP) is 3.32. The lowest BCUT2D eigenvalue weighted by molar-refractivity contribution is 0.0915. The average molecular weight is 379 g/mol. The van der Waals surface area contributed by atoms with Gasteiger partial charge in [0.05, 0.1) is 4.90 Å². The van der Waals surface area contributed by atoms with E-state index in [-0.39, 0.29) is 16.8 Å². The van der Waals surface area contributed by atoms with Crippen LogP contribution in [0.1, 0.15) is 63.7 Å². The summed E-state index contributed by atoms with van der Waals surface area (Å²) in [6, 6.07) is 6.31. The summed E-state index contributed by atoms with van der Waals surface area (Å²) in [6.45, 7) is 7.48. The van der Waals surface area contributed by atoms with Gasteiger partial charge in [-0.05, 0) is 89.0 Å². The number of rotatable bonds is 5. The second-order valence-electron chi connectivity index (χ2n) is 8.98.